The molecule has 0 aliphatic heterocycles. The topological polar surface area (TPSA) is 49.6 Å². The molecule has 0 aliphatic rings. The summed E-state index contributed by atoms with van der Waals surface area (Å²) in [4.78, 5) is 8.07. The van der Waals surface area contributed by atoms with E-state index in [0.29, 0.717) is 11.4 Å². The van der Waals surface area contributed by atoms with Gasteiger partial charge in [0.15, 0.2) is 5.82 Å². The van der Waals surface area contributed by atoms with Crippen molar-refractivity contribution < 1.29 is 0 Å². The van der Waals surface area contributed by atoms with E-state index >= 15 is 0 Å². The van der Waals surface area contributed by atoms with E-state index in [4.69, 9.17) is 5.41 Å². The quantitative estimate of drug-likeness (QED) is 0.527. The minimum atomic E-state index is 0.576. The van der Waals surface area contributed by atoms with Gasteiger partial charge < -0.3 is 5.41 Å². The molecule has 0 atom stereocenters. The van der Waals surface area contributed by atoms with Gasteiger partial charge in [0.2, 0.25) is 0 Å². The number of aromatic nitrogens is 2. The lowest BCUT2D eigenvalue weighted by atomic mass is 10.2. The fourth-order valence-electron chi connectivity index (χ4n) is 0.775. The lowest BCUT2D eigenvalue weighted by Gasteiger charge is -1.95. The average molecular weight is 285 g/mol. The van der Waals surface area contributed by atoms with Gasteiger partial charge in [0.25, 0.3) is 0 Å². The Morgan fingerprint density at radius 1 is 1.38 bits per heavy atom. The van der Waals surface area contributed by atoms with Crippen LogP contribution in [0.2, 0.25) is 0 Å². The summed E-state index contributed by atoms with van der Waals surface area (Å²) in [5.41, 5.74) is 0.702. The minimum Gasteiger partial charge on any atom is -0.308 e. The predicted octanol–water partition coefficient (Wildman–Crippen LogP) is 2.46. The Morgan fingerprint density at radius 2 is 2.08 bits per heavy atom. The van der Waals surface area contributed by atoms with Gasteiger partial charge >= 0.3 is 0 Å². The molecule has 0 unspecified atom stereocenters. The van der Waals surface area contributed by atoms with E-state index in [1.54, 1.807) is 24.5 Å². The molecule has 0 spiro atoms. The second kappa shape index (κ2) is 5.58. The summed E-state index contributed by atoms with van der Waals surface area (Å²) < 4.78 is 1.87. The van der Waals surface area contributed by atoms with Gasteiger partial charge in [-0.05, 0) is 16.2 Å². The number of hydrogen-bond donors (Lipinski definition) is 1. The van der Waals surface area contributed by atoms with Crippen LogP contribution < -0.4 is 0 Å². The molecule has 0 saturated carbocycles. The van der Waals surface area contributed by atoms with E-state index < -0.39 is 0 Å². The smallest absolute Gasteiger partial charge is 0.160 e. The van der Waals surface area contributed by atoms with Gasteiger partial charge in [-0.15, -0.1) is 0 Å². The summed E-state index contributed by atoms with van der Waals surface area (Å²) in [5.74, 6) is 0.576. The highest BCUT2D eigenvalue weighted by Gasteiger charge is 1.97. The van der Waals surface area contributed by atoms with Crippen LogP contribution in [0.5, 0.6) is 0 Å². The molecule has 1 aromatic heterocycles. The van der Waals surface area contributed by atoms with E-state index in [1.807, 2.05) is 10.2 Å². The second-order valence-electron chi connectivity index (χ2n) is 2.16. The van der Waals surface area contributed by atoms with Crippen molar-refractivity contribution in [1.29, 1.82) is 5.41 Å². The van der Waals surface area contributed by atoms with Crippen LogP contribution in [0, 0.1) is 5.41 Å². The highest BCUT2D eigenvalue weighted by molar-refractivity contribution is 14.1. The third-order valence-electron chi connectivity index (χ3n) is 1.33. The zero-order chi connectivity index (χ0) is 9.52. The van der Waals surface area contributed by atoms with Gasteiger partial charge in [0.1, 0.15) is 0 Å². The third kappa shape index (κ3) is 3.06. The van der Waals surface area contributed by atoms with Crippen LogP contribution in [0.25, 0.3) is 5.57 Å². The van der Waals surface area contributed by atoms with Crippen molar-refractivity contribution in [2.45, 2.75) is 0 Å². The largest absolute Gasteiger partial charge is 0.308 e. The average Bonchev–Trinajstić information content (AvgIpc) is 2.21. The fourth-order valence-corrected chi connectivity index (χ4v) is 0.983. The Morgan fingerprint density at radius 3 is 2.62 bits per heavy atom. The molecule has 4 heteroatoms. The van der Waals surface area contributed by atoms with Crippen LogP contribution in [0.15, 0.2) is 34.7 Å². The van der Waals surface area contributed by atoms with Gasteiger partial charge in [0, 0.05) is 24.2 Å². The molecule has 0 fully saturated rings. The van der Waals surface area contributed by atoms with Crippen LogP contribution in [0.1, 0.15) is 5.82 Å². The van der Waals surface area contributed by atoms with E-state index in [2.05, 4.69) is 32.6 Å². The lowest BCUT2D eigenvalue weighted by molar-refractivity contribution is 1.13. The third-order valence-corrected chi connectivity index (χ3v) is 1.74. The van der Waals surface area contributed by atoms with Gasteiger partial charge in [-0.1, -0.05) is 28.7 Å². The van der Waals surface area contributed by atoms with Crippen LogP contribution in [0.3, 0.4) is 0 Å². The number of nitrogens with zero attached hydrogens (tertiary/aromatic N) is 2. The van der Waals surface area contributed by atoms with E-state index in [1.165, 1.54) is 6.21 Å². The molecule has 0 amide bonds. The highest BCUT2D eigenvalue weighted by atomic mass is 127. The van der Waals surface area contributed by atoms with Crippen molar-refractivity contribution >= 4 is 34.4 Å². The monoisotopic (exact) mass is 285 g/mol. The number of rotatable bonds is 3. The molecule has 0 aromatic carbocycles. The number of allylic oxidation sites excluding steroid dienone is 3. The van der Waals surface area contributed by atoms with Crippen LogP contribution in [-0.2, 0) is 0 Å². The van der Waals surface area contributed by atoms with Gasteiger partial charge in [0.05, 0.1) is 0 Å². The Bertz CT molecular complexity index is 330. The van der Waals surface area contributed by atoms with Crippen LogP contribution in [0.4, 0.5) is 0 Å². The highest BCUT2D eigenvalue weighted by Crippen LogP contribution is 2.05. The molecule has 66 valence electrons. The Labute approximate surface area is 90.3 Å². The summed E-state index contributed by atoms with van der Waals surface area (Å²) in [6.07, 6.45) is 8.21. The molecular weight excluding hydrogens is 277 g/mol. The van der Waals surface area contributed by atoms with Crippen molar-refractivity contribution in [2.24, 2.45) is 0 Å². The zero-order valence-electron chi connectivity index (χ0n) is 6.81. The first-order valence-electron chi connectivity index (χ1n) is 3.63. The summed E-state index contributed by atoms with van der Waals surface area (Å²) in [6.45, 7) is 0. The van der Waals surface area contributed by atoms with Crippen molar-refractivity contribution in [3.63, 3.8) is 0 Å². The van der Waals surface area contributed by atoms with Gasteiger partial charge in [-0.3, -0.25) is 0 Å². The lowest BCUT2D eigenvalue weighted by Crippen LogP contribution is -1.92. The van der Waals surface area contributed by atoms with E-state index in [-0.39, 0.29) is 0 Å². The number of hydrogen-bond acceptors (Lipinski definition) is 3. The second-order valence-corrected chi connectivity index (χ2v) is 2.88. The SMILES string of the molecule is N=C/C(=C\C=C/I)c1ncccn1. The van der Waals surface area contributed by atoms with Crippen molar-refractivity contribution in [1.82, 2.24) is 9.97 Å². The van der Waals surface area contributed by atoms with Gasteiger partial charge in [-0.25, -0.2) is 9.97 Å². The van der Waals surface area contributed by atoms with E-state index in [0.717, 1.165) is 0 Å². The molecule has 0 bridgehead atoms. The Balaban J connectivity index is 2.98. The zero-order valence-corrected chi connectivity index (χ0v) is 8.97. The first-order chi connectivity index (χ1) is 6.38. The maximum absolute atomic E-state index is 7.17. The number of nitrogens with one attached hydrogen (secondary N) is 1. The molecular formula is C9H8IN3. The van der Waals surface area contributed by atoms with Crippen LogP contribution in [-0.4, -0.2) is 16.2 Å². The van der Waals surface area contributed by atoms with Crippen molar-refractivity contribution in [3.8, 4) is 0 Å². The first kappa shape index (κ1) is 10.0. The summed E-state index contributed by atoms with van der Waals surface area (Å²) in [7, 11) is 0. The molecule has 1 aromatic rings. The molecule has 1 heterocycles. The Hall–Kier alpha value is -1.04. The van der Waals surface area contributed by atoms with Crippen LogP contribution >= 0.6 is 22.6 Å². The minimum absolute atomic E-state index is 0.576. The maximum Gasteiger partial charge on any atom is 0.160 e. The molecule has 1 rings (SSSR count). The van der Waals surface area contributed by atoms with Gasteiger partial charge in [-0.2, -0.15) is 0 Å². The molecule has 0 radical (unpaired) electrons. The summed E-state index contributed by atoms with van der Waals surface area (Å²) >= 11 is 2.12. The summed E-state index contributed by atoms with van der Waals surface area (Å²) in [6, 6.07) is 1.75. The normalized spacial score (nSPS) is 11.9. The molecule has 13 heavy (non-hydrogen) atoms. The van der Waals surface area contributed by atoms with E-state index in [9.17, 15) is 0 Å². The summed E-state index contributed by atoms with van der Waals surface area (Å²) in [5, 5.41) is 7.17. The molecule has 0 aliphatic carbocycles. The molecule has 0 saturated heterocycles. The number of halogens is 1. The first-order valence-corrected chi connectivity index (χ1v) is 4.88. The molecule has 3 nitrogen and oxygen atoms in total. The predicted molar refractivity (Wildman–Crippen MR) is 62.0 cm³/mol. The maximum atomic E-state index is 7.17. The fraction of sp³-hybridized carbons (Fsp3) is 0. The standard InChI is InChI=1S/C9H8IN3/c10-4-1-3-8(7-11)9-12-5-2-6-13-9/h1-7,11H/b4-1-,8-3+,11-7?. The van der Waals surface area contributed by atoms with Crippen molar-refractivity contribution in [2.75, 3.05) is 0 Å². The van der Waals surface area contributed by atoms with Crippen molar-refractivity contribution in [3.05, 3.63) is 40.5 Å². The molecule has 1 N–H and O–H groups in total. The Kier molecular flexibility index (Phi) is 4.31.